The van der Waals surface area contributed by atoms with Crippen molar-refractivity contribution in [2.24, 2.45) is 0 Å². The monoisotopic (exact) mass is 344 g/mol. The molecule has 1 aromatic carbocycles. The molecular weight excluding hydrogens is 324 g/mol. The van der Waals surface area contributed by atoms with E-state index in [0.717, 1.165) is 0 Å². The Hall–Kier alpha value is -1.09. The van der Waals surface area contributed by atoms with Crippen LogP contribution in [-0.2, 0) is 14.8 Å². The number of hydrogen-bond donors (Lipinski definition) is 3. The lowest BCUT2D eigenvalue weighted by Crippen LogP contribution is -2.57. The maximum Gasteiger partial charge on any atom is 0.323 e. The molecule has 0 spiro atoms. The number of carbonyl (C=O) groups is 1. The van der Waals surface area contributed by atoms with Gasteiger partial charge in [0, 0.05) is 4.75 Å². The van der Waals surface area contributed by atoms with Gasteiger partial charge in [-0.3, -0.25) is 4.79 Å². The molecule has 6 nitrogen and oxygen atoms in total. The minimum absolute atomic E-state index is 0.0473. The first-order valence-electron chi connectivity index (χ1n) is 6.96. The second kappa shape index (κ2) is 6.57. The maximum atomic E-state index is 12.4. The van der Waals surface area contributed by atoms with Crippen LogP contribution in [-0.4, -0.2) is 55.3 Å². The van der Waals surface area contributed by atoms with Crippen LogP contribution in [0.4, 0.5) is 0 Å². The van der Waals surface area contributed by atoms with Crippen molar-refractivity contribution in [3.63, 3.8) is 0 Å². The number of rotatable bonds is 5. The second-order valence-corrected chi connectivity index (χ2v) is 8.22. The highest BCUT2D eigenvalue weighted by Crippen LogP contribution is 2.33. The average Bonchev–Trinajstić information content (AvgIpc) is 2.49. The van der Waals surface area contributed by atoms with E-state index in [1.54, 1.807) is 18.2 Å². The lowest BCUT2D eigenvalue weighted by molar-refractivity contribution is -0.140. The number of likely N-dealkylation sites (tertiary alicyclic amines) is 1. The van der Waals surface area contributed by atoms with Crippen LogP contribution in [0.15, 0.2) is 35.2 Å². The van der Waals surface area contributed by atoms with Gasteiger partial charge in [0.05, 0.1) is 4.90 Å². The Kier molecular flexibility index (Phi) is 5.16. The van der Waals surface area contributed by atoms with E-state index in [1.165, 1.54) is 12.1 Å². The normalized spacial score (nSPS) is 20.5. The topological polar surface area (TPSA) is 86.7 Å². The van der Waals surface area contributed by atoms with Crippen molar-refractivity contribution in [3.05, 3.63) is 30.3 Å². The minimum Gasteiger partial charge on any atom is -0.480 e. The number of nitrogens with zero attached hydrogens (tertiary/aromatic N) is 1. The van der Waals surface area contributed by atoms with E-state index in [-0.39, 0.29) is 4.90 Å². The number of benzene rings is 1. The molecule has 1 aromatic rings. The van der Waals surface area contributed by atoms with Crippen molar-refractivity contribution in [1.82, 2.24) is 9.62 Å². The van der Waals surface area contributed by atoms with Gasteiger partial charge < -0.3 is 10.0 Å². The number of sulfonamides is 1. The Labute approximate surface area is 136 Å². The molecule has 0 aromatic heterocycles. The van der Waals surface area contributed by atoms with Gasteiger partial charge in [0.1, 0.15) is 6.04 Å². The van der Waals surface area contributed by atoms with Crippen LogP contribution in [0, 0.1) is 0 Å². The van der Waals surface area contributed by atoms with Crippen molar-refractivity contribution in [1.29, 1.82) is 0 Å². The molecule has 1 saturated heterocycles. The predicted molar refractivity (Wildman–Crippen MR) is 86.6 cm³/mol. The fourth-order valence-corrected chi connectivity index (χ4v) is 4.26. The zero-order chi connectivity index (χ0) is 16.4. The zero-order valence-electron chi connectivity index (χ0n) is 12.3. The standard InChI is InChI=1S/C14H20N2O4S2/c1-16-9-7-14(21,8-10-16)12(13(17)18)15-22(19,20)11-5-3-2-4-6-11/h2-6,12,15,21H,7-10H2,1H3,(H,17,18)/t12-/m1/s1. The summed E-state index contributed by atoms with van der Waals surface area (Å²) in [5.41, 5.74) is 0. The Balaban J connectivity index is 2.25. The van der Waals surface area contributed by atoms with Crippen molar-refractivity contribution < 1.29 is 18.3 Å². The highest BCUT2D eigenvalue weighted by Gasteiger charge is 2.44. The number of carboxylic acid groups (broad SMARTS) is 1. The van der Waals surface area contributed by atoms with Crippen molar-refractivity contribution in [2.75, 3.05) is 20.1 Å². The zero-order valence-corrected chi connectivity index (χ0v) is 14.0. The lowest BCUT2D eigenvalue weighted by atomic mass is 9.89. The molecule has 1 aliphatic rings. The Bertz CT molecular complexity index is 626. The Morgan fingerprint density at radius 1 is 1.32 bits per heavy atom. The first-order valence-corrected chi connectivity index (χ1v) is 8.89. The van der Waals surface area contributed by atoms with Gasteiger partial charge in [0.25, 0.3) is 0 Å². The van der Waals surface area contributed by atoms with Crippen LogP contribution >= 0.6 is 12.6 Å². The summed E-state index contributed by atoms with van der Waals surface area (Å²) in [7, 11) is -1.96. The number of nitrogens with one attached hydrogen (secondary N) is 1. The molecule has 0 saturated carbocycles. The molecule has 122 valence electrons. The summed E-state index contributed by atoms with van der Waals surface area (Å²) in [6.07, 6.45) is 1.00. The van der Waals surface area contributed by atoms with Crippen molar-refractivity contribution in [2.45, 2.75) is 28.5 Å². The molecule has 2 rings (SSSR count). The van der Waals surface area contributed by atoms with Gasteiger partial charge in [-0.1, -0.05) is 18.2 Å². The summed E-state index contributed by atoms with van der Waals surface area (Å²) < 4.78 is 26.2. The molecule has 0 aliphatic carbocycles. The smallest absolute Gasteiger partial charge is 0.323 e. The van der Waals surface area contributed by atoms with Gasteiger partial charge in [0.15, 0.2) is 0 Å². The fourth-order valence-electron chi connectivity index (χ4n) is 2.51. The van der Waals surface area contributed by atoms with E-state index in [1.807, 2.05) is 7.05 Å². The highest BCUT2D eigenvalue weighted by molar-refractivity contribution is 7.89. The third kappa shape index (κ3) is 3.81. The first-order chi connectivity index (χ1) is 10.2. The van der Waals surface area contributed by atoms with Gasteiger partial charge >= 0.3 is 5.97 Å². The van der Waals surface area contributed by atoms with E-state index in [9.17, 15) is 18.3 Å². The third-order valence-corrected chi connectivity index (χ3v) is 6.11. The molecule has 1 heterocycles. The van der Waals surface area contributed by atoms with Crippen LogP contribution in [0.5, 0.6) is 0 Å². The second-order valence-electron chi connectivity index (χ2n) is 5.61. The molecule has 0 amide bonds. The van der Waals surface area contributed by atoms with E-state index >= 15 is 0 Å². The van der Waals surface area contributed by atoms with E-state index < -0.39 is 26.8 Å². The number of thiol groups is 1. The van der Waals surface area contributed by atoms with Gasteiger partial charge in [0.2, 0.25) is 10.0 Å². The molecule has 0 bridgehead atoms. The lowest BCUT2D eigenvalue weighted by Gasteiger charge is -2.40. The Morgan fingerprint density at radius 2 is 1.86 bits per heavy atom. The van der Waals surface area contributed by atoms with E-state index in [4.69, 9.17) is 0 Å². The molecule has 1 fully saturated rings. The summed E-state index contributed by atoms with van der Waals surface area (Å²) in [5.74, 6) is -1.21. The van der Waals surface area contributed by atoms with Crippen LogP contribution in [0.1, 0.15) is 12.8 Å². The van der Waals surface area contributed by atoms with Gasteiger partial charge in [-0.2, -0.15) is 17.4 Å². The van der Waals surface area contributed by atoms with Gasteiger partial charge in [-0.25, -0.2) is 8.42 Å². The summed E-state index contributed by atoms with van der Waals surface area (Å²) in [5, 5.41) is 9.48. The quantitative estimate of drug-likeness (QED) is 0.688. The van der Waals surface area contributed by atoms with Crippen LogP contribution in [0.2, 0.25) is 0 Å². The van der Waals surface area contributed by atoms with Crippen molar-refractivity contribution in [3.8, 4) is 0 Å². The van der Waals surface area contributed by atoms with Crippen LogP contribution < -0.4 is 4.72 Å². The maximum absolute atomic E-state index is 12.4. The van der Waals surface area contributed by atoms with Crippen LogP contribution in [0.3, 0.4) is 0 Å². The molecule has 1 aliphatic heterocycles. The fraction of sp³-hybridized carbons (Fsp3) is 0.500. The first kappa shape index (κ1) is 17.3. The molecular formula is C14H20N2O4S2. The number of hydrogen-bond acceptors (Lipinski definition) is 5. The number of piperidine rings is 1. The molecule has 0 unspecified atom stereocenters. The predicted octanol–water partition coefficient (Wildman–Crippen LogP) is 0.812. The number of aliphatic carboxylic acids is 1. The average molecular weight is 344 g/mol. The van der Waals surface area contributed by atoms with E-state index in [0.29, 0.717) is 25.9 Å². The van der Waals surface area contributed by atoms with Gasteiger partial charge in [-0.05, 0) is 45.1 Å². The SMILES string of the molecule is CN1CCC(S)([C@H](NS(=O)(=O)c2ccccc2)C(=O)O)CC1. The number of carboxylic acids is 1. The summed E-state index contributed by atoms with van der Waals surface area (Å²) in [6.45, 7) is 1.36. The summed E-state index contributed by atoms with van der Waals surface area (Å²) in [6, 6.07) is 6.48. The minimum atomic E-state index is -3.90. The summed E-state index contributed by atoms with van der Waals surface area (Å²) in [4.78, 5) is 13.7. The Morgan fingerprint density at radius 3 is 2.36 bits per heavy atom. The summed E-state index contributed by atoms with van der Waals surface area (Å²) >= 11 is 4.51. The largest absolute Gasteiger partial charge is 0.480 e. The molecule has 2 N–H and O–H groups in total. The molecule has 0 radical (unpaired) electrons. The van der Waals surface area contributed by atoms with Crippen LogP contribution in [0.25, 0.3) is 0 Å². The highest BCUT2D eigenvalue weighted by atomic mass is 32.2. The molecule has 1 atom stereocenters. The molecule has 8 heteroatoms. The van der Waals surface area contributed by atoms with Crippen molar-refractivity contribution >= 4 is 28.6 Å². The van der Waals surface area contributed by atoms with Gasteiger partial charge in [-0.15, -0.1) is 0 Å². The third-order valence-electron chi connectivity index (χ3n) is 3.96. The van der Waals surface area contributed by atoms with E-state index in [2.05, 4.69) is 22.3 Å². The molecule has 22 heavy (non-hydrogen) atoms.